The van der Waals surface area contributed by atoms with Crippen molar-refractivity contribution in [1.29, 1.82) is 0 Å². The third-order valence-corrected chi connectivity index (χ3v) is 7.08. The molecule has 8 N–H and O–H groups in total. The van der Waals surface area contributed by atoms with E-state index in [-0.39, 0.29) is 28.2 Å². The molecule has 15 nitrogen and oxygen atoms in total. The molecule has 0 spiro atoms. The van der Waals surface area contributed by atoms with Crippen LogP contribution >= 0.6 is 0 Å². The summed E-state index contributed by atoms with van der Waals surface area (Å²) in [5.41, 5.74) is -0.335. The average molecular weight is 593 g/mol. The topological polar surface area (TPSA) is 246 Å². The maximum absolute atomic E-state index is 12.8. The summed E-state index contributed by atoms with van der Waals surface area (Å²) in [5.74, 6) is -2.40. The maximum Gasteiger partial charge on any atom is 0.335 e. The number of carboxylic acid groups (broad SMARTS) is 1. The van der Waals surface area contributed by atoms with E-state index in [1.54, 1.807) is 0 Å². The van der Waals surface area contributed by atoms with Gasteiger partial charge in [0.1, 0.15) is 64.5 Å². The minimum Gasteiger partial charge on any atom is -0.508 e. The molecule has 15 heteroatoms. The molecule has 2 aromatic carbocycles. The lowest BCUT2D eigenvalue weighted by atomic mass is 9.97. The number of aliphatic hydroxyl groups is 5. The molecular formula is C27H28O15. The Hall–Kier alpha value is -3.80. The largest absolute Gasteiger partial charge is 0.508 e. The highest BCUT2D eigenvalue weighted by atomic mass is 16.8. The third-order valence-electron chi connectivity index (χ3n) is 7.08. The number of hydrogen-bond acceptors (Lipinski definition) is 14. The third kappa shape index (κ3) is 5.51. The Morgan fingerprint density at radius 3 is 2.19 bits per heavy atom. The summed E-state index contributed by atoms with van der Waals surface area (Å²) in [6.45, 7) is 1.38. The van der Waals surface area contributed by atoms with Crippen LogP contribution in [0.1, 0.15) is 6.92 Å². The van der Waals surface area contributed by atoms with Gasteiger partial charge in [0.15, 0.2) is 23.9 Å². The lowest BCUT2D eigenvalue weighted by Gasteiger charge is -2.45. The molecule has 2 aliphatic heterocycles. The van der Waals surface area contributed by atoms with Crippen molar-refractivity contribution in [1.82, 2.24) is 0 Å². The molecule has 0 amide bonds. The maximum atomic E-state index is 12.8. The van der Waals surface area contributed by atoms with Crippen molar-refractivity contribution in [3.63, 3.8) is 0 Å². The monoisotopic (exact) mass is 592 g/mol. The summed E-state index contributed by atoms with van der Waals surface area (Å²) < 4.78 is 27.9. The van der Waals surface area contributed by atoms with Gasteiger partial charge in [0, 0.05) is 23.8 Å². The first-order valence-corrected chi connectivity index (χ1v) is 12.7. The predicted molar refractivity (Wildman–Crippen MR) is 137 cm³/mol. The van der Waals surface area contributed by atoms with Gasteiger partial charge >= 0.3 is 5.97 Å². The second kappa shape index (κ2) is 11.5. The van der Waals surface area contributed by atoms with Gasteiger partial charge in [-0.15, -0.1) is 0 Å². The van der Waals surface area contributed by atoms with E-state index >= 15 is 0 Å². The van der Waals surface area contributed by atoms with E-state index in [1.165, 1.54) is 37.3 Å². The first-order valence-electron chi connectivity index (χ1n) is 12.7. The molecule has 0 unspecified atom stereocenters. The van der Waals surface area contributed by atoms with E-state index in [4.69, 9.17) is 23.4 Å². The molecule has 226 valence electrons. The van der Waals surface area contributed by atoms with Crippen LogP contribution in [-0.4, -0.2) is 108 Å². The number of aromatic hydroxyl groups is 2. The molecule has 3 heterocycles. The van der Waals surface area contributed by atoms with Crippen molar-refractivity contribution >= 4 is 16.9 Å². The summed E-state index contributed by atoms with van der Waals surface area (Å²) in [4.78, 5) is 24.5. The first-order chi connectivity index (χ1) is 19.8. The summed E-state index contributed by atoms with van der Waals surface area (Å²) in [6, 6.07) is 9.07. The van der Waals surface area contributed by atoms with Gasteiger partial charge in [-0.3, -0.25) is 4.79 Å². The molecule has 42 heavy (non-hydrogen) atoms. The summed E-state index contributed by atoms with van der Waals surface area (Å²) in [6.07, 6.45) is -17.3. The fourth-order valence-corrected chi connectivity index (χ4v) is 4.77. The molecule has 3 aromatic rings. The van der Waals surface area contributed by atoms with Crippen LogP contribution in [0.15, 0.2) is 51.7 Å². The van der Waals surface area contributed by atoms with Crippen molar-refractivity contribution in [2.45, 2.75) is 68.3 Å². The molecule has 0 radical (unpaired) electrons. The van der Waals surface area contributed by atoms with Crippen molar-refractivity contribution in [3.8, 4) is 28.6 Å². The van der Waals surface area contributed by atoms with E-state index in [2.05, 4.69) is 0 Å². The zero-order valence-corrected chi connectivity index (χ0v) is 21.8. The Morgan fingerprint density at radius 2 is 1.52 bits per heavy atom. The van der Waals surface area contributed by atoms with Gasteiger partial charge in [0.05, 0.1) is 6.10 Å². The molecule has 1 aromatic heterocycles. The van der Waals surface area contributed by atoms with E-state index < -0.39 is 78.6 Å². The number of benzene rings is 2. The van der Waals surface area contributed by atoms with Gasteiger partial charge in [-0.05, 0) is 31.2 Å². The molecule has 2 aliphatic rings. The molecule has 2 fully saturated rings. The van der Waals surface area contributed by atoms with Gasteiger partial charge in [0.25, 0.3) is 0 Å². The van der Waals surface area contributed by atoms with Gasteiger partial charge < -0.3 is 64.2 Å². The molecule has 0 saturated carbocycles. The van der Waals surface area contributed by atoms with Crippen molar-refractivity contribution in [2.75, 3.05) is 0 Å². The lowest BCUT2D eigenvalue weighted by Crippen LogP contribution is -2.65. The van der Waals surface area contributed by atoms with Crippen LogP contribution in [0.4, 0.5) is 0 Å². The normalized spacial score (nSPS) is 33.4. The number of rotatable bonds is 6. The Morgan fingerprint density at radius 1 is 0.833 bits per heavy atom. The highest BCUT2D eigenvalue weighted by Gasteiger charge is 2.52. The molecular weight excluding hydrogens is 564 g/mol. The van der Waals surface area contributed by atoms with Gasteiger partial charge in [-0.25, -0.2) is 4.79 Å². The van der Waals surface area contributed by atoms with E-state index in [9.17, 15) is 50.4 Å². The Labute approximate surface area is 235 Å². The SMILES string of the molecule is C[C@@H]1O[C@@H](O[C@@H]2[C@@H](Oc3cc(O)c4c(=O)cc(-c5ccc(O)cc5)oc4c3)O[C@@H](C(=O)O)[C@H](O)[C@H]2O)[C@@H](O)[C@@H](O)[C@H]1O. The van der Waals surface area contributed by atoms with Crippen LogP contribution in [0.2, 0.25) is 0 Å². The Bertz CT molecular complexity index is 1500. The number of carbonyl (C=O) groups is 1. The van der Waals surface area contributed by atoms with Gasteiger partial charge in [-0.1, -0.05) is 0 Å². The van der Waals surface area contributed by atoms with E-state index in [0.29, 0.717) is 5.56 Å². The molecule has 10 atom stereocenters. The smallest absolute Gasteiger partial charge is 0.335 e. The van der Waals surface area contributed by atoms with E-state index in [1.807, 2.05) is 0 Å². The van der Waals surface area contributed by atoms with Crippen LogP contribution < -0.4 is 10.2 Å². The minimum atomic E-state index is -2.03. The number of carboxylic acids is 1. The van der Waals surface area contributed by atoms with Gasteiger partial charge in [0.2, 0.25) is 6.29 Å². The number of hydrogen-bond donors (Lipinski definition) is 8. The summed E-state index contributed by atoms with van der Waals surface area (Å²) in [7, 11) is 0. The highest BCUT2D eigenvalue weighted by molar-refractivity contribution is 5.86. The summed E-state index contributed by atoms with van der Waals surface area (Å²) in [5, 5.41) is 81.1. The van der Waals surface area contributed by atoms with Crippen LogP contribution in [0, 0.1) is 0 Å². The zero-order valence-electron chi connectivity index (χ0n) is 21.8. The predicted octanol–water partition coefficient (Wildman–Crippen LogP) is -1.01. The van der Waals surface area contributed by atoms with Crippen LogP contribution in [-0.2, 0) is 19.0 Å². The van der Waals surface area contributed by atoms with Crippen molar-refractivity contribution < 1.29 is 69.0 Å². The van der Waals surface area contributed by atoms with Crippen LogP contribution in [0.5, 0.6) is 17.2 Å². The molecule has 0 bridgehead atoms. The van der Waals surface area contributed by atoms with Gasteiger partial charge in [-0.2, -0.15) is 0 Å². The second-order valence-electron chi connectivity index (χ2n) is 9.98. The van der Waals surface area contributed by atoms with E-state index in [0.717, 1.165) is 12.1 Å². The molecule has 5 rings (SSSR count). The number of aliphatic hydroxyl groups excluding tert-OH is 5. The number of phenols is 2. The quantitative estimate of drug-likeness (QED) is 0.171. The number of ether oxygens (including phenoxy) is 4. The standard InChI is InChI=1S/C27H28O15/c1-9-18(31)19(32)22(35)26(38-9)42-24-21(34)20(33)23(25(36)37)41-27(24)39-12-6-13(29)17-14(30)8-15(40-16(17)7-12)10-2-4-11(28)5-3-10/h2-9,18-24,26-29,31-35H,1H3,(H,36,37)/t9-,18-,19-,20+,21+,22-,23+,24-,26-,27-/m0/s1. The summed E-state index contributed by atoms with van der Waals surface area (Å²) >= 11 is 0. The fourth-order valence-electron chi connectivity index (χ4n) is 4.77. The van der Waals surface area contributed by atoms with Crippen LogP contribution in [0.3, 0.4) is 0 Å². The number of phenolic OH excluding ortho intramolecular Hbond substituents is 2. The minimum absolute atomic E-state index is 0.0160. The van der Waals surface area contributed by atoms with Crippen LogP contribution in [0.25, 0.3) is 22.3 Å². The fraction of sp³-hybridized carbons (Fsp3) is 0.407. The first kappa shape index (κ1) is 29.7. The van der Waals surface area contributed by atoms with Crippen molar-refractivity contribution in [3.05, 3.63) is 52.7 Å². The molecule has 0 aliphatic carbocycles. The Kier molecular flexibility index (Phi) is 8.10. The lowest BCUT2D eigenvalue weighted by molar-refractivity contribution is -0.351. The van der Waals surface area contributed by atoms with Crippen molar-refractivity contribution in [2.24, 2.45) is 0 Å². The average Bonchev–Trinajstić information content (AvgIpc) is 2.93. The molecule has 2 saturated heterocycles. The highest BCUT2D eigenvalue weighted by Crippen LogP contribution is 2.35. The number of fused-ring (bicyclic) bond motifs is 1. The Balaban J connectivity index is 1.49. The zero-order chi connectivity index (χ0) is 30.5. The number of aliphatic carboxylic acids is 1. The second-order valence-corrected chi connectivity index (χ2v) is 9.98.